The molecule has 0 heterocycles. The van der Waals surface area contributed by atoms with Crippen molar-refractivity contribution in [3.63, 3.8) is 0 Å². The molecular formula is C29H40O. The van der Waals surface area contributed by atoms with Crippen molar-refractivity contribution in [2.45, 2.75) is 90.1 Å². The highest BCUT2D eigenvalue weighted by Gasteiger charge is 2.75. The Hall–Kier alpha value is -1.34. The van der Waals surface area contributed by atoms with Crippen molar-refractivity contribution in [1.29, 1.82) is 0 Å². The monoisotopic (exact) mass is 404 g/mol. The Labute approximate surface area is 183 Å². The number of hydrogen-bond acceptors (Lipinski definition) is 1. The molecule has 1 spiro atoms. The lowest BCUT2D eigenvalue weighted by atomic mass is 9.71. The first-order chi connectivity index (χ1) is 14.6. The third-order valence-electron chi connectivity index (χ3n) is 9.50. The van der Waals surface area contributed by atoms with Crippen molar-refractivity contribution in [2.75, 3.05) is 0 Å². The molecule has 1 N–H and O–H groups in total. The SMILES string of the molecule is C=C1/C(=C\C=C2/CCC[C@]34C[C@]3(C(C)/C=C/C=C/CC3CC3)CCC24)CCC[C@@H]1O. The highest BCUT2D eigenvalue weighted by atomic mass is 16.3. The molecule has 0 aromatic rings. The van der Waals surface area contributed by atoms with Crippen LogP contribution in [-0.4, -0.2) is 11.2 Å². The first-order valence-corrected chi connectivity index (χ1v) is 12.7. The van der Waals surface area contributed by atoms with Gasteiger partial charge in [-0.1, -0.05) is 55.5 Å². The molecule has 0 amide bonds. The molecule has 0 aliphatic heterocycles. The quantitative estimate of drug-likeness (QED) is 0.455. The molecule has 5 rings (SSSR count). The van der Waals surface area contributed by atoms with Gasteiger partial charge in [-0.05, 0) is 117 Å². The summed E-state index contributed by atoms with van der Waals surface area (Å²) in [7, 11) is 0. The van der Waals surface area contributed by atoms with Gasteiger partial charge in [0.25, 0.3) is 0 Å². The molecule has 0 radical (unpaired) electrons. The Morgan fingerprint density at radius 1 is 1.07 bits per heavy atom. The summed E-state index contributed by atoms with van der Waals surface area (Å²) in [5.74, 6) is 2.48. The lowest BCUT2D eigenvalue weighted by Gasteiger charge is -2.34. The van der Waals surface area contributed by atoms with Gasteiger partial charge in [-0.15, -0.1) is 0 Å². The first-order valence-electron chi connectivity index (χ1n) is 12.7. The maximum atomic E-state index is 10.1. The summed E-state index contributed by atoms with van der Waals surface area (Å²) in [6, 6.07) is 0. The summed E-state index contributed by atoms with van der Waals surface area (Å²) in [5.41, 5.74) is 5.09. The van der Waals surface area contributed by atoms with E-state index in [1.54, 1.807) is 5.57 Å². The standard InChI is InChI=1S/C29H40O/c1-21(8-4-3-5-9-23-13-14-23)28-19-17-26-25(11-7-18-29(26,28)20-28)16-15-24-10-6-12-27(30)22(24)2/h3-5,8,15-16,21,23,26-27,30H,2,6-7,9-14,17-20H2,1H3/b5-3+,8-4+,24-15-,25-16+/t21?,26?,27-,28-,29+/m0/s1. The Morgan fingerprint density at radius 2 is 1.93 bits per heavy atom. The molecule has 5 aliphatic carbocycles. The average Bonchev–Trinajstić information content (AvgIpc) is 3.65. The van der Waals surface area contributed by atoms with Crippen molar-refractivity contribution in [1.82, 2.24) is 0 Å². The minimum absolute atomic E-state index is 0.324. The first kappa shape index (κ1) is 20.6. The van der Waals surface area contributed by atoms with Gasteiger partial charge in [0.2, 0.25) is 0 Å². The maximum Gasteiger partial charge on any atom is 0.0787 e. The number of aliphatic hydroxyl groups is 1. The topological polar surface area (TPSA) is 20.2 Å². The van der Waals surface area contributed by atoms with Crippen LogP contribution in [0.3, 0.4) is 0 Å². The van der Waals surface area contributed by atoms with Crippen LogP contribution in [0.2, 0.25) is 0 Å². The van der Waals surface area contributed by atoms with Gasteiger partial charge < -0.3 is 5.11 Å². The molecule has 30 heavy (non-hydrogen) atoms. The fourth-order valence-corrected chi connectivity index (χ4v) is 7.43. The van der Waals surface area contributed by atoms with Crippen LogP contribution in [-0.2, 0) is 0 Å². The molecule has 5 atom stereocenters. The van der Waals surface area contributed by atoms with Crippen LogP contribution in [0.25, 0.3) is 0 Å². The summed E-state index contributed by atoms with van der Waals surface area (Å²) < 4.78 is 0. The second-order valence-corrected chi connectivity index (χ2v) is 11.1. The molecule has 162 valence electrons. The Bertz CT molecular complexity index is 806. The Morgan fingerprint density at radius 3 is 2.77 bits per heavy atom. The fourth-order valence-electron chi connectivity index (χ4n) is 7.43. The van der Waals surface area contributed by atoms with Gasteiger partial charge >= 0.3 is 0 Å². The predicted octanol–water partition coefficient (Wildman–Crippen LogP) is 7.46. The van der Waals surface area contributed by atoms with Gasteiger partial charge in [0.15, 0.2) is 0 Å². The van der Waals surface area contributed by atoms with Gasteiger partial charge in [0.05, 0.1) is 6.10 Å². The third kappa shape index (κ3) is 3.52. The summed E-state index contributed by atoms with van der Waals surface area (Å²) in [4.78, 5) is 0. The minimum Gasteiger partial charge on any atom is -0.388 e. The van der Waals surface area contributed by atoms with Gasteiger partial charge in [0.1, 0.15) is 0 Å². The molecule has 0 aromatic carbocycles. The molecule has 1 nitrogen and oxygen atoms in total. The zero-order chi connectivity index (χ0) is 20.8. The second-order valence-electron chi connectivity index (χ2n) is 11.1. The van der Waals surface area contributed by atoms with Gasteiger partial charge in [-0.3, -0.25) is 0 Å². The van der Waals surface area contributed by atoms with Gasteiger partial charge in [-0.25, -0.2) is 0 Å². The molecule has 5 fully saturated rings. The van der Waals surface area contributed by atoms with E-state index in [0.717, 1.165) is 36.7 Å². The van der Waals surface area contributed by atoms with Crippen molar-refractivity contribution in [3.05, 3.63) is 59.8 Å². The van der Waals surface area contributed by atoms with Crippen molar-refractivity contribution in [2.24, 2.45) is 28.6 Å². The molecular weight excluding hydrogens is 364 g/mol. The van der Waals surface area contributed by atoms with Crippen molar-refractivity contribution >= 4 is 0 Å². The van der Waals surface area contributed by atoms with E-state index in [1.165, 1.54) is 63.4 Å². The summed E-state index contributed by atoms with van der Waals surface area (Å²) in [5, 5.41) is 10.1. The minimum atomic E-state index is -0.324. The molecule has 0 aromatic heterocycles. The van der Waals surface area contributed by atoms with Crippen LogP contribution in [0.4, 0.5) is 0 Å². The summed E-state index contributed by atoms with van der Waals surface area (Å²) >= 11 is 0. The zero-order valence-corrected chi connectivity index (χ0v) is 18.9. The lowest BCUT2D eigenvalue weighted by Crippen LogP contribution is -2.25. The fraction of sp³-hybridized carbons (Fsp3) is 0.655. The van der Waals surface area contributed by atoms with Crippen molar-refractivity contribution in [3.8, 4) is 0 Å². The van der Waals surface area contributed by atoms with Crippen LogP contribution >= 0.6 is 0 Å². The Kier molecular flexibility index (Phi) is 5.46. The smallest absolute Gasteiger partial charge is 0.0787 e. The molecule has 2 unspecified atom stereocenters. The highest BCUT2D eigenvalue weighted by Crippen LogP contribution is 2.83. The van der Waals surface area contributed by atoms with Crippen LogP contribution in [0.1, 0.15) is 84.0 Å². The predicted molar refractivity (Wildman–Crippen MR) is 126 cm³/mol. The molecule has 0 bridgehead atoms. The number of rotatable bonds is 6. The van der Waals surface area contributed by atoms with Crippen LogP contribution in [0.15, 0.2) is 59.8 Å². The average molecular weight is 405 g/mol. The van der Waals surface area contributed by atoms with Crippen LogP contribution in [0.5, 0.6) is 0 Å². The molecule has 5 saturated carbocycles. The van der Waals surface area contributed by atoms with Gasteiger partial charge in [0, 0.05) is 0 Å². The normalized spacial score (nSPS) is 42.3. The highest BCUT2D eigenvalue weighted by molar-refractivity contribution is 5.39. The van der Waals surface area contributed by atoms with E-state index in [0.29, 0.717) is 16.7 Å². The summed E-state index contributed by atoms with van der Waals surface area (Å²) in [6.45, 7) is 6.64. The van der Waals surface area contributed by atoms with E-state index < -0.39 is 0 Å². The van der Waals surface area contributed by atoms with E-state index >= 15 is 0 Å². The largest absolute Gasteiger partial charge is 0.388 e. The van der Waals surface area contributed by atoms with E-state index in [2.05, 4.69) is 50.0 Å². The number of allylic oxidation sites excluding steroid dienone is 7. The van der Waals surface area contributed by atoms with E-state index in [9.17, 15) is 5.11 Å². The van der Waals surface area contributed by atoms with E-state index in [1.807, 2.05) is 0 Å². The maximum absolute atomic E-state index is 10.1. The number of hydrogen-bond donors (Lipinski definition) is 1. The van der Waals surface area contributed by atoms with E-state index in [4.69, 9.17) is 0 Å². The summed E-state index contributed by atoms with van der Waals surface area (Å²) in [6.07, 6.45) is 29.5. The van der Waals surface area contributed by atoms with Crippen molar-refractivity contribution < 1.29 is 5.11 Å². The van der Waals surface area contributed by atoms with Crippen LogP contribution < -0.4 is 0 Å². The molecule has 1 heteroatoms. The molecule has 5 aliphatic rings. The Balaban J connectivity index is 1.27. The number of aliphatic hydroxyl groups excluding tert-OH is 1. The van der Waals surface area contributed by atoms with Crippen LogP contribution in [0, 0.1) is 28.6 Å². The molecule has 0 saturated heterocycles. The van der Waals surface area contributed by atoms with E-state index in [-0.39, 0.29) is 6.10 Å². The zero-order valence-electron chi connectivity index (χ0n) is 18.9. The van der Waals surface area contributed by atoms with Gasteiger partial charge in [-0.2, -0.15) is 0 Å². The second kappa shape index (κ2) is 7.97. The lowest BCUT2D eigenvalue weighted by molar-refractivity contribution is 0.191. The third-order valence-corrected chi connectivity index (χ3v) is 9.50.